The van der Waals surface area contributed by atoms with Crippen LogP contribution >= 0.6 is 11.6 Å². The molecule has 0 fully saturated rings. The summed E-state index contributed by atoms with van der Waals surface area (Å²) in [6, 6.07) is 18.7. The van der Waals surface area contributed by atoms with Crippen LogP contribution in [0.4, 0.5) is 11.4 Å². The SMILES string of the molecule is Cc1ccc(-c2ccc3c(c2)N(c2ccc(Cl)cc2)CC(C)c2nnc(C)n2-3)cn1. The van der Waals surface area contributed by atoms with Gasteiger partial charge in [0.1, 0.15) is 11.6 Å². The molecule has 0 N–H and O–H groups in total. The van der Waals surface area contributed by atoms with Crippen molar-refractivity contribution in [1.82, 2.24) is 19.7 Å². The highest BCUT2D eigenvalue weighted by Crippen LogP contribution is 2.40. The third kappa shape index (κ3) is 3.15. The first kappa shape index (κ1) is 18.8. The lowest BCUT2D eigenvalue weighted by Gasteiger charge is -2.27. The Morgan fingerprint density at radius 3 is 2.40 bits per heavy atom. The minimum atomic E-state index is 0.207. The molecule has 6 heteroatoms. The lowest BCUT2D eigenvalue weighted by atomic mass is 10.0. The second-order valence-corrected chi connectivity index (χ2v) is 8.26. The monoisotopic (exact) mass is 415 g/mol. The molecule has 0 amide bonds. The number of rotatable bonds is 2. The Morgan fingerprint density at radius 1 is 0.900 bits per heavy atom. The van der Waals surface area contributed by atoms with Crippen LogP contribution in [0, 0.1) is 13.8 Å². The second kappa shape index (κ2) is 7.26. The van der Waals surface area contributed by atoms with Gasteiger partial charge in [-0.25, -0.2) is 0 Å². The number of hydrogen-bond donors (Lipinski definition) is 0. The van der Waals surface area contributed by atoms with Gasteiger partial charge in [-0.15, -0.1) is 10.2 Å². The van der Waals surface area contributed by atoms with Crippen LogP contribution in [0.3, 0.4) is 0 Å². The molecule has 4 aromatic rings. The summed E-state index contributed by atoms with van der Waals surface area (Å²) in [6.07, 6.45) is 1.93. The molecular weight excluding hydrogens is 394 g/mol. The van der Waals surface area contributed by atoms with Gasteiger partial charge >= 0.3 is 0 Å². The zero-order valence-electron chi connectivity index (χ0n) is 17.2. The van der Waals surface area contributed by atoms with Crippen molar-refractivity contribution in [3.63, 3.8) is 0 Å². The first-order valence-electron chi connectivity index (χ1n) is 10.0. The topological polar surface area (TPSA) is 46.8 Å². The average molecular weight is 416 g/mol. The highest BCUT2D eigenvalue weighted by atomic mass is 35.5. The van der Waals surface area contributed by atoms with Gasteiger partial charge in [0.25, 0.3) is 0 Å². The fraction of sp³-hybridized carbons (Fsp3) is 0.208. The number of anilines is 2. The third-order valence-corrected chi connectivity index (χ3v) is 5.89. The van der Waals surface area contributed by atoms with Crippen LogP contribution in [-0.2, 0) is 0 Å². The standard InChI is InChI=1S/C24H22ClN5/c1-15-14-29(21-9-7-20(25)8-10-21)23-12-18(19-5-4-16(2)26-13-19)6-11-22(23)30-17(3)27-28-24(15)30/h4-13,15H,14H2,1-3H3. The van der Waals surface area contributed by atoms with E-state index in [4.69, 9.17) is 11.6 Å². The summed E-state index contributed by atoms with van der Waals surface area (Å²) in [7, 11) is 0. The molecule has 5 nitrogen and oxygen atoms in total. The molecule has 2 aromatic carbocycles. The Morgan fingerprint density at radius 2 is 1.67 bits per heavy atom. The molecule has 0 bridgehead atoms. The zero-order valence-corrected chi connectivity index (χ0v) is 17.9. The van der Waals surface area contributed by atoms with Crippen molar-refractivity contribution in [2.24, 2.45) is 0 Å². The van der Waals surface area contributed by atoms with E-state index in [0.29, 0.717) is 0 Å². The highest BCUT2D eigenvalue weighted by Gasteiger charge is 2.28. The molecular formula is C24H22ClN5. The van der Waals surface area contributed by atoms with Crippen LogP contribution in [-0.4, -0.2) is 26.3 Å². The van der Waals surface area contributed by atoms with E-state index in [-0.39, 0.29) is 5.92 Å². The summed E-state index contributed by atoms with van der Waals surface area (Å²) >= 11 is 6.16. The third-order valence-electron chi connectivity index (χ3n) is 5.64. The summed E-state index contributed by atoms with van der Waals surface area (Å²) < 4.78 is 2.17. The average Bonchev–Trinajstić information content (AvgIpc) is 3.08. The van der Waals surface area contributed by atoms with E-state index in [1.54, 1.807) is 0 Å². The lowest BCUT2D eigenvalue weighted by molar-refractivity contribution is 0.696. The molecule has 0 radical (unpaired) electrons. The Kier molecular flexibility index (Phi) is 4.55. The van der Waals surface area contributed by atoms with Gasteiger partial charge in [-0.05, 0) is 61.9 Å². The molecule has 1 aliphatic rings. The summed E-state index contributed by atoms with van der Waals surface area (Å²) in [4.78, 5) is 6.82. The number of fused-ring (bicyclic) bond motifs is 3. The molecule has 3 heterocycles. The van der Waals surface area contributed by atoms with Crippen LogP contribution < -0.4 is 4.90 Å². The van der Waals surface area contributed by atoms with E-state index in [9.17, 15) is 0 Å². The largest absolute Gasteiger partial charge is 0.339 e. The molecule has 150 valence electrons. The number of aromatic nitrogens is 4. The van der Waals surface area contributed by atoms with Gasteiger partial charge in [0.15, 0.2) is 0 Å². The Bertz CT molecular complexity index is 1210. The number of nitrogens with zero attached hydrogens (tertiary/aromatic N) is 5. The molecule has 5 rings (SSSR count). The van der Waals surface area contributed by atoms with Gasteiger partial charge < -0.3 is 4.90 Å². The van der Waals surface area contributed by atoms with E-state index in [2.05, 4.69) is 68.0 Å². The maximum atomic E-state index is 6.16. The van der Waals surface area contributed by atoms with Gasteiger partial charge in [0, 0.05) is 40.6 Å². The Hall–Kier alpha value is -3.18. The van der Waals surface area contributed by atoms with Gasteiger partial charge in [-0.3, -0.25) is 9.55 Å². The van der Waals surface area contributed by atoms with Crippen LogP contribution in [0.15, 0.2) is 60.8 Å². The fourth-order valence-electron chi connectivity index (χ4n) is 4.06. The van der Waals surface area contributed by atoms with Gasteiger partial charge in [-0.2, -0.15) is 0 Å². The van der Waals surface area contributed by atoms with Crippen molar-refractivity contribution in [1.29, 1.82) is 0 Å². The zero-order chi connectivity index (χ0) is 20.8. The summed E-state index contributed by atoms with van der Waals surface area (Å²) in [6.45, 7) is 6.99. The molecule has 2 aromatic heterocycles. The van der Waals surface area contributed by atoms with Crippen LogP contribution in [0.1, 0.15) is 30.2 Å². The summed E-state index contributed by atoms with van der Waals surface area (Å²) in [5.74, 6) is 2.08. The van der Waals surface area contributed by atoms with E-state index in [1.165, 1.54) is 0 Å². The molecule has 1 unspecified atom stereocenters. The van der Waals surface area contributed by atoms with E-state index < -0.39 is 0 Å². The predicted molar refractivity (Wildman–Crippen MR) is 121 cm³/mol. The number of halogens is 1. The molecule has 0 saturated carbocycles. The number of benzene rings is 2. The molecule has 0 spiro atoms. The minimum Gasteiger partial charge on any atom is -0.339 e. The predicted octanol–water partition coefficient (Wildman–Crippen LogP) is 5.85. The van der Waals surface area contributed by atoms with Gasteiger partial charge in [-0.1, -0.05) is 30.7 Å². The Balaban J connectivity index is 1.73. The molecule has 30 heavy (non-hydrogen) atoms. The number of pyridine rings is 1. The summed E-state index contributed by atoms with van der Waals surface area (Å²) in [5.41, 5.74) is 6.52. The highest BCUT2D eigenvalue weighted by molar-refractivity contribution is 6.30. The van der Waals surface area contributed by atoms with Crippen LogP contribution in [0.25, 0.3) is 16.8 Å². The van der Waals surface area contributed by atoms with Gasteiger partial charge in [0.05, 0.1) is 11.4 Å². The maximum Gasteiger partial charge on any atom is 0.142 e. The Labute approximate surface area is 181 Å². The quantitative estimate of drug-likeness (QED) is 0.411. The van der Waals surface area contributed by atoms with E-state index >= 15 is 0 Å². The maximum absolute atomic E-state index is 6.16. The number of aryl methyl sites for hydroxylation is 2. The molecule has 0 aliphatic carbocycles. The second-order valence-electron chi connectivity index (χ2n) is 7.82. The van der Waals surface area contributed by atoms with Crippen molar-refractivity contribution in [2.45, 2.75) is 26.7 Å². The lowest BCUT2D eigenvalue weighted by Crippen LogP contribution is -2.22. The smallest absolute Gasteiger partial charge is 0.142 e. The summed E-state index contributed by atoms with van der Waals surface area (Å²) in [5, 5.41) is 9.57. The van der Waals surface area contributed by atoms with Crippen molar-refractivity contribution >= 4 is 23.0 Å². The fourth-order valence-corrected chi connectivity index (χ4v) is 4.19. The normalized spacial score (nSPS) is 15.5. The van der Waals surface area contributed by atoms with Crippen LogP contribution in [0.2, 0.25) is 5.02 Å². The first-order chi connectivity index (χ1) is 14.5. The van der Waals surface area contributed by atoms with E-state index in [0.717, 1.165) is 57.1 Å². The van der Waals surface area contributed by atoms with Crippen molar-refractivity contribution in [3.05, 3.63) is 83.2 Å². The minimum absolute atomic E-state index is 0.207. The molecule has 0 saturated heterocycles. The number of hydrogen-bond acceptors (Lipinski definition) is 4. The van der Waals surface area contributed by atoms with Crippen molar-refractivity contribution in [3.8, 4) is 16.8 Å². The first-order valence-corrected chi connectivity index (χ1v) is 10.4. The van der Waals surface area contributed by atoms with Crippen molar-refractivity contribution in [2.75, 3.05) is 11.4 Å². The molecule has 1 aliphatic heterocycles. The van der Waals surface area contributed by atoms with Crippen molar-refractivity contribution < 1.29 is 0 Å². The van der Waals surface area contributed by atoms with E-state index in [1.807, 2.05) is 38.2 Å². The van der Waals surface area contributed by atoms with Gasteiger partial charge in [0.2, 0.25) is 0 Å². The van der Waals surface area contributed by atoms with Crippen LogP contribution in [0.5, 0.6) is 0 Å². The molecule has 1 atom stereocenters.